The Hall–Kier alpha value is -1.95. The first kappa shape index (κ1) is 14.5. The molecule has 1 unspecified atom stereocenters. The highest BCUT2D eigenvalue weighted by molar-refractivity contribution is 5.34. The van der Waals surface area contributed by atoms with Crippen molar-refractivity contribution in [1.29, 1.82) is 0 Å². The fourth-order valence-corrected chi connectivity index (χ4v) is 2.06. The maximum absolute atomic E-state index is 13.3. The smallest absolute Gasteiger partial charge is 0.124 e. The molecule has 0 spiro atoms. The molecule has 2 rings (SSSR count). The SMILES string of the molecule is CCCC(N)c1cn(Cc2cc(F)ccc2OC)nn1. The quantitative estimate of drug-likeness (QED) is 0.880. The van der Waals surface area contributed by atoms with E-state index in [-0.39, 0.29) is 11.9 Å². The van der Waals surface area contributed by atoms with Crippen molar-refractivity contribution >= 4 is 0 Å². The van der Waals surface area contributed by atoms with Crippen molar-refractivity contribution in [3.05, 3.63) is 41.5 Å². The van der Waals surface area contributed by atoms with E-state index in [0.717, 1.165) is 18.5 Å². The number of hydrogen-bond acceptors (Lipinski definition) is 4. The molecule has 1 heterocycles. The molecule has 0 aliphatic rings. The summed E-state index contributed by atoms with van der Waals surface area (Å²) in [6, 6.07) is 4.30. The van der Waals surface area contributed by atoms with Crippen LogP contribution in [0.25, 0.3) is 0 Å². The molecule has 20 heavy (non-hydrogen) atoms. The lowest BCUT2D eigenvalue weighted by Crippen LogP contribution is -2.10. The summed E-state index contributed by atoms with van der Waals surface area (Å²) in [5.74, 6) is 0.324. The second kappa shape index (κ2) is 6.47. The third-order valence-electron chi connectivity index (χ3n) is 3.11. The number of benzene rings is 1. The lowest BCUT2D eigenvalue weighted by Gasteiger charge is -2.08. The van der Waals surface area contributed by atoms with Gasteiger partial charge in [-0.05, 0) is 24.6 Å². The molecule has 1 atom stereocenters. The number of methoxy groups -OCH3 is 1. The van der Waals surface area contributed by atoms with E-state index in [1.807, 2.05) is 0 Å². The molecule has 0 bridgehead atoms. The van der Waals surface area contributed by atoms with E-state index >= 15 is 0 Å². The van der Waals surface area contributed by atoms with Gasteiger partial charge in [-0.15, -0.1) is 5.10 Å². The predicted molar refractivity (Wildman–Crippen MR) is 73.9 cm³/mol. The average Bonchev–Trinajstić information content (AvgIpc) is 2.88. The van der Waals surface area contributed by atoms with Gasteiger partial charge in [0.25, 0.3) is 0 Å². The second-order valence-electron chi connectivity index (χ2n) is 4.69. The highest BCUT2D eigenvalue weighted by Crippen LogP contribution is 2.20. The van der Waals surface area contributed by atoms with Crippen LogP contribution in [0.15, 0.2) is 24.4 Å². The van der Waals surface area contributed by atoms with Crippen molar-refractivity contribution in [2.24, 2.45) is 5.73 Å². The molecule has 1 aromatic carbocycles. The molecule has 0 aliphatic heterocycles. The Morgan fingerprint density at radius 1 is 1.45 bits per heavy atom. The highest BCUT2D eigenvalue weighted by Gasteiger charge is 2.11. The minimum atomic E-state index is -0.302. The lowest BCUT2D eigenvalue weighted by atomic mass is 10.1. The summed E-state index contributed by atoms with van der Waals surface area (Å²) in [4.78, 5) is 0. The molecular weight excluding hydrogens is 259 g/mol. The normalized spacial score (nSPS) is 12.4. The van der Waals surface area contributed by atoms with E-state index in [2.05, 4.69) is 17.2 Å². The van der Waals surface area contributed by atoms with Crippen molar-refractivity contribution in [2.75, 3.05) is 7.11 Å². The van der Waals surface area contributed by atoms with Gasteiger partial charge in [0.15, 0.2) is 0 Å². The Bertz CT molecular complexity index is 570. The van der Waals surface area contributed by atoms with Crippen molar-refractivity contribution in [3.8, 4) is 5.75 Å². The maximum atomic E-state index is 13.3. The molecule has 5 nitrogen and oxygen atoms in total. The second-order valence-corrected chi connectivity index (χ2v) is 4.69. The number of hydrogen-bond donors (Lipinski definition) is 1. The summed E-state index contributed by atoms with van der Waals surface area (Å²) in [5.41, 5.74) is 7.46. The van der Waals surface area contributed by atoms with Crippen LogP contribution in [0.5, 0.6) is 5.75 Å². The van der Waals surface area contributed by atoms with Crippen LogP contribution < -0.4 is 10.5 Å². The van der Waals surface area contributed by atoms with Gasteiger partial charge in [0.05, 0.1) is 31.6 Å². The Morgan fingerprint density at radius 2 is 2.25 bits per heavy atom. The van der Waals surface area contributed by atoms with E-state index in [4.69, 9.17) is 10.5 Å². The van der Waals surface area contributed by atoms with Gasteiger partial charge in [-0.25, -0.2) is 9.07 Å². The molecule has 0 aliphatic carbocycles. The van der Waals surface area contributed by atoms with Gasteiger partial charge in [0.1, 0.15) is 11.6 Å². The molecule has 0 radical (unpaired) electrons. The lowest BCUT2D eigenvalue weighted by molar-refractivity contribution is 0.405. The van der Waals surface area contributed by atoms with E-state index in [1.54, 1.807) is 24.1 Å². The number of ether oxygens (including phenoxy) is 1. The van der Waals surface area contributed by atoms with Gasteiger partial charge in [0, 0.05) is 5.56 Å². The van der Waals surface area contributed by atoms with Crippen molar-refractivity contribution < 1.29 is 9.13 Å². The van der Waals surface area contributed by atoms with Gasteiger partial charge >= 0.3 is 0 Å². The number of aromatic nitrogens is 3. The van der Waals surface area contributed by atoms with Crippen molar-refractivity contribution in [2.45, 2.75) is 32.4 Å². The van der Waals surface area contributed by atoms with E-state index in [0.29, 0.717) is 17.9 Å². The minimum absolute atomic E-state index is 0.108. The molecule has 0 saturated heterocycles. The Morgan fingerprint density at radius 3 is 2.95 bits per heavy atom. The molecular formula is C14H19FN4O. The molecule has 2 aromatic rings. The van der Waals surface area contributed by atoms with Crippen molar-refractivity contribution in [1.82, 2.24) is 15.0 Å². The first-order valence-corrected chi connectivity index (χ1v) is 6.62. The fraction of sp³-hybridized carbons (Fsp3) is 0.429. The highest BCUT2D eigenvalue weighted by atomic mass is 19.1. The number of rotatable bonds is 6. The van der Waals surface area contributed by atoms with Gasteiger partial charge in [-0.3, -0.25) is 0 Å². The summed E-state index contributed by atoms with van der Waals surface area (Å²) in [6.45, 7) is 2.47. The van der Waals surface area contributed by atoms with E-state index < -0.39 is 0 Å². The molecule has 1 aromatic heterocycles. The van der Waals surface area contributed by atoms with Crippen LogP contribution in [-0.4, -0.2) is 22.1 Å². The van der Waals surface area contributed by atoms with Crippen LogP contribution in [0.1, 0.15) is 37.1 Å². The number of nitrogens with two attached hydrogens (primary N) is 1. The largest absolute Gasteiger partial charge is 0.496 e. The fourth-order valence-electron chi connectivity index (χ4n) is 2.06. The summed E-state index contributed by atoms with van der Waals surface area (Å²) < 4.78 is 20.2. The Kier molecular flexibility index (Phi) is 4.68. The number of halogens is 1. The Labute approximate surface area is 117 Å². The zero-order valence-corrected chi connectivity index (χ0v) is 11.7. The predicted octanol–water partition coefficient (Wildman–Crippen LogP) is 2.27. The third kappa shape index (κ3) is 3.33. The zero-order valence-electron chi connectivity index (χ0n) is 11.7. The molecule has 108 valence electrons. The van der Waals surface area contributed by atoms with Crippen LogP contribution in [0.2, 0.25) is 0 Å². The molecule has 0 saturated carbocycles. The summed E-state index contributed by atoms with van der Waals surface area (Å²) >= 11 is 0. The van der Waals surface area contributed by atoms with Gasteiger partial charge in [-0.1, -0.05) is 18.6 Å². The van der Waals surface area contributed by atoms with Gasteiger partial charge < -0.3 is 10.5 Å². The number of nitrogens with zero attached hydrogens (tertiary/aromatic N) is 3. The third-order valence-corrected chi connectivity index (χ3v) is 3.11. The average molecular weight is 278 g/mol. The van der Waals surface area contributed by atoms with E-state index in [9.17, 15) is 4.39 Å². The van der Waals surface area contributed by atoms with Crippen LogP contribution in [-0.2, 0) is 6.54 Å². The molecule has 0 amide bonds. The standard InChI is InChI=1S/C14H19FN4O/c1-3-4-12(16)13-9-19(18-17-13)8-10-7-11(15)5-6-14(10)20-2/h5-7,9,12H,3-4,8,16H2,1-2H3. The van der Waals surface area contributed by atoms with Crippen LogP contribution >= 0.6 is 0 Å². The summed E-state index contributed by atoms with van der Waals surface area (Å²) in [6.07, 6.45) is 3.65. The minimum Gasteiger partial charge on any atom is -0.496 e. The van der Waals surface area contributed by atoms with Crippen molar-refractivity contribution in [3.63, 3.8) is 0 Å². The first-order valence-electron chi connectivity index (χ1n) is 6.62. The van der Waals surface area contributed by atoms with Gasteiger partial charge in [0.2, 0.25) is 0 Å². The topological polar surface area (TPSA) is 66.0 Å². The first-order chi connectivity index (χ1) is 9.63. The van der Waals surface area contributed by atoms with Crippen LogP contribution in [0.3, 0.4) is 0 Å². The summed E-state index contributed by atoms with van der Waals surface area (Å²) in [7, 11) is 1.56. The monoisotopic (exact) mass is 278 g/mol. The zero-order chi connectivity index (χ0) is 14.5. The van der Waals surface area contributed by atoms with Crippen LogP contribution in [0, 0.1) is 5.82 Å². The summed E-state index contributed by atoms with van der Waals surface area (Å²) in [5, 5.41) is 8.09. The molecule has 0 fully saturated rings. The van der Waals surface area contributed by atoms with E-state index in [1.165, 1.54) is 12.1 Å². The molecule has 2 N–H and O–H groups in total. The van der Waals surface area contributed by atoms with Gasteiger partial charge in [-0.2, -0.15) is 0 Å². The Balaban J connectivity index is 2.16. The maximum Gasteiger partial charge on any atom is 0.124 e. The molecule has 6 heteroatoms. The van der Waals surface area contributed by atoms with Crippen LogP contribution in [0.4, 0.5) is 4.39 Å².